The molecule has 0 saturated carbocycles. The van der Waals surface area contributed by atoms with Crippen LogP contribution in [0.4, 0.5) is 19.3 Å². The predicted octanol–water partition coefficient (Wildman–Crippen LogP) is 2.02. The van der Waals surface area contributed by atoms with Crippen molar-refractivity contribution < 1.29 is 13.6 Å². The first-order valence-electron chi connectivity index (χ1n) is 3.99. The fourth-order valence-corrected chi connectivity index (χ4v) is 0.927. The quantitative estimate of drug-likeness (QED) is 0.715. The van der Waals surface area contributed by atoms with Gasteiger partial charge in [0.05, 0.1) is 5.69 Å². The molecule has 0 aliphatic carbocycles. The molecular formula is C9H10F2N2O. The van der Waals surface area contributed by atoms with E-state index in [1.54, 1.807) is 0 Å². The normalized spacial score (nSPS) is 9.71. The Bertz CT molecular complexity index is 366. The molecule has 76 valence electrons. The van der Waals surface area contributed by atoms with E-state index in [0.717, 1.165) is 12.1 Å². The van der Waals surface area contributed by atoms with Crippen molar-refractivity contribution >= 4 is 11.7 Å². The minimum atomic E-state index is -0.660. The van der Waals surface area contributed by atoms with E-state index in [2.05, 4.69) is 10.6 Å². The number of anilines is 1. The largest absolute Gasteiger partial charge is 0.341 e. The van der Waals surface area contributed by atoms with Gasteiger partial charge in [0.1, 0.15) is 11.6 Å². The van der Waals surface area contributed by atoms with Gasteiger partial charge in [-0.15, -0.1) is 0 Å². The standard InChI is InChI=1S/C9H10F2N2O/c1-5-3-7(11)8(4-6(5)10)13-9(14)12-2/h3-4H,1-2H3,(H2,12,13,14). The summed E-state index contributed by atoms with van der Waals surface area (Å²) in [4.78, 5) is 10.8. The molecule has 0 saturated heterocycles. The molecule has 0 aliphatic heterocycles. The van der Waals surface area contributed by atoms with Crippen LogP contribution in [0.15, 0.2) is 12.1 Å². The number of aryl methyl sites for hydroxylation is 1. The molecule has 2 amide bonds. The molecule has 0 bridgehead atoms. The Morgan fingerprint density at radius 2 is 1.93 bits per heavy atom. The summed E-state index contributed by atoms with van der Waals surface area (Å²) in [6.07, 6.45) is 0. The second kappa shape index (κ2) is 4.04. The molecule has 0 atom stereocenters. The Balaban J connectivity index is 2.98. The Kier molecular flexibility index (Phi) is 3.01. The maximum Gasteiger partial charge on any atom is 0.319 e. The summed E-state index contributed by atoms with van der Waals surface area (Å²) in [7, 11) is 1.39. The van der Waals surface area contributed by atoms with Gasteiger partial charge >= 0.3 is 6.03 Å². The molecule has 1 aromatic carbocycles. The van der Waals surface area contributed by atoms with Crippen molar-refractivity contribution in [1.29, 1.82) is 0 Å². The van der Waals surface area contributed by atoms with Crippen molar-refractivity contribution in [2.24, 2.45) is 0 Å². The van der Waals surface area contributed by atoms with Crippen LogP contribution in [0.3, 0.4) is 0 Å². The highest BCUT2D eigenvalue weighted by molar-refractivity contribution is 5.89. The maximum atomic E-state index is 13.1. The molecule has 0 fully saturated rings. The minimum Gasteiger partial charge on any atom is -0.341 e. The van der Waals surface area contributed by atoms with Gasteiger partial charge in [0.2, 0.25) is 0 Å². The molecule has 0 radical (unpaired) electrons. The molecule has 3 nitrogen and oxygen atoms in total. The molecule has 1 aromatic rings. The molecule has 5 heteroatoms. The molecule has 0 unspecified atom stereocenters. The van der Waals surface area contributed by atoms with Crippen LogP contribution in [-0.2, 0) is 0 Å². The highest BCUT2D eigenvalue weighted by Crippen LogP contribution is 2.18. The fraction of sp³-hybridized carbons (Fsp3) is 0.222. The lowest BCUT2D eigenvalue weighted by Gasteiger charge is -2.06. The third-order valence-corrected chi connectivity index (χ3v) is 1.72. The number of carbonyl (C=O) groups excluding carboxylic acids is 1. The van der Waals surface area contributed by atoms with Crippen LogP contribution in [0.5, 0.6) is 0 Å². The minimum absolute atomic E-state index is 0.174. The topological polar surface area (TPSA) is 41.1 Å². The zero-order chi connectivity index (χ0) is 10.7. The third kappa shape index (κ3) is 2.18. The highest BCUT2D eigenvalue weighted by atomic mass is 19.1. The number of urea groups is 1. The lowest BCUT2D eigenvalue weighted by Crippen LogP contribution is -2.25. The van der Waals surface area contributed by atoms with E-state index >= 15 is 0 Å². The number of amides is 2. The third-order valence-electron chi connectivity index (χ3n) is 1.72. The van der Waals surface area contributed by atoms with Gasteiger partial charge in [-0.3, -0.25) is 0 Å². The average molecular weight is 200 g/mol. The number of hydrogen-bond donors (Lipinski definition) is 2. The summed E-state index contributed by atoms with van der Waals surface area (Å²) >= 11 is 0. The smallest absolute Gasteiger partial charge is 0.319 e. The van der Waals surface area contributed by atoms with E-state index in [1.165, 1.54) is 14.0 Å². The second-order valence-electron chi connectivity index (χ2n) is 2.79. The zero-order valence-corrected chi connectivity index (χ0v) is 7.82. The molecule has 0 heterocycles. The molecule has 14 heavy (non-hydrogen) atoms. The first-order valence-corrected chi connectivity index (χ1v) is 3.99. The molecular weight excluding hydrogens is 190 g/mol. The van der Waals surface area contributed by atoms with Crippen LogP contribution in [0, 0.1) is 18.6 Å². The van der Waals surface area contributed by atoms with E-state index < -0.39 is 17.7 Å². The number of carbonyl (C=O) groups is 1. The Morgan fingerprint density at radius 3 is 2.50 bits per heavy atom. The monoisotopic (exact) mass is 200 g/mol. The Labute approximate surface area is 80.1 Å². The summed E-state index contributed by atoms with van der Waals surface area (Å²) in [6, 6.07) is 1.38. The summed E-state index contributed by atoms with van der Waals surface area (Å²) in [6.45, 7) is 1.45. The van der Waals surface area contributed by atoms with Gasteiger partial charge in [-0.25, -0.2) is 13.6 Å². The van der Waals surface area contributed by atoms with Gasteiger partial charge < -0.3 is 10.6 Å². The number of benzene rings is 1. The SMILES string of the molecule is CNC(=O)Nc1cc(F)c(C)cc1F. The number of hydrogen-bond acceptors (Lipinski definition) is 1. The van der Waals surface area contributed by atoms with E-state index in [9.17, 15) is 13.6 Å². The van der Waals surface area contributed by atoms with Gasteiger partial charge in [-0.05, 0) is 18.6 Å². The van der Waals surface area contributed by atoms with Gasteiger partial charge in [0.15, 0.2) is 0 Å². The highest BCUT2D eigenvalue weighted by Gasteiger charge is 2.08. The van der Waals surface area contributed by atoms with Crippen molar-refractivity contribution in [2.75, 3.05) is 12.4 Å². The van der Waals surface area contributed by atoms with Gasteiger partial charge in [-0.1, -0.05) is 0 Å². The van der Waals surface area contributed by atoms with Gasteiger partial charge in [-0.2, -0.15) is 0 Å². The molecule has 0 spiro atoms. The van der Waals surface area contributed by atoms with Crippen molar-refractivity contribution in [3.05, 3.63) is 29.3 Å². The van der Waals surface area contributed by atoms with Crippen LogP contribution in [0.1, 0.15) is 5.56 Å². The maximum absolute atomic E-state index is 13.1. The summed E-state index contributed by atoms with van der Waals surface area (Å²) in [5.41, 5.74) is 0.0254. The molecule has 2 N–H and O–H groups in total. The lowest BCUT2D eigenvalue weighted by molar-refractivity contribution is 0.254. The van der Waals surface area contributed by atoms with E-state index in [-0.39, 0.29) is 11.3 Å². The Morgan fingerprint density at radius 1 is 1.29 bits per heavy atom. The number of halogens is 2. The molecule has 1 rings (SSSR count). The van der Waals surface area contributed by atoms with Crippen LogP contribution >= 0.6 is 0 Å². The summed E-state index contributed by atoms with van der Waals surface area (Å²) in [5.74, 6) is -1.22. The van der Waals surface area contributed by atoms with Crippen molar-refractivity contribution in [3.8, 4) is 0 Å². The Hall–Kier alpha value is -1.65. The van der Waals surface area contributed by atoms with Crippen molar-refractivity contribution in [2.45, 2.75) is 6.92 Å². The van der Waals surface area contributed by atoms with E-state index in [4.69, 9.17) is 0 Å². The molecule has 0 aromatic heterocycles. The average Bonchev–Trinajstić information content (AvgIpc) is 2.14. The summed E-state index contributed by atoms with van der Waals surface area (Å²) in [5, 5.41) is 4.40. The number of nitrogens with one attached hydrogen (secondary N) is 2. The van der Waals surface area contributed by atoms with E-state index in [1.807, 2.05) is 0 Å². The van der Waals surface area contributed by atoms with Crippen molar-refractivity contribution in [3.63, 3.8) is 0 Å². The number of rotatable bonds is 1. The molecule has 0 aliphatic rings. The summed E-state index contributed by atoms with van der Waals surface area (Å²) < 4.78 is 26.1. The van der Waals surface area contributed by atoms with Crippen LogP contribution in [-0.4, -0.2) is 13.1 Å². The van der Waals surface area contributed by atoms with Crippen molar-refractivity contribution in [1.82, 2.24) is 5.32 Å². The predicted molar refractivity (Wildman–Crippen MR) is 49.2 cm³/mol. The second-order valence-corrected chi connectivity index (χ2v) is 2.79. The first kappa shape index (κ1) is 10.4. The van der Waals surface area contributed by atoms with Crippen LogP contribution in [0.25, 0.3) is 0 Å². The van der Waals surface area contributed by atoms with Gasteiger partial charge in [0.25, 0.3) is 0 Å². The van der Waals surface area contributed by atoms with E-state index in [0.29, 0.717) is 0 Å². The van der Waals surface area contributed by atoms with Crippen LogP contribution in [0.2, 0.25) is 0 Å². The lowest BCUT2D eigenvalue weighted by atomic mass is 10.2. The fourth-order valence-electron chi connectivity index (χ4n) is 0.927. The zero-order valence-electron chi connectivity index (χ0n) is 7.82. The first-order chi connectivity index (χ1) is 6.54. The van der Waals surface area contributed by atoms with Gasteiger partial charge in [0, 0.05) is 13.1 Å². The van der Waals surface area contributed by atoms with Crippen LogP contribution < -0.4 is 10.6 Å².